The number of pyridine rings is 1. The Morgan fingerprint density at radius 3 is 2.55 bits per heavy atom. The van der Waals surface area contributed by atoms with E-state index in [2.05, 4.69) is 14.6 Å². The summed E-state index contributed by atoms with van der Waals surface area (Å²) in [6.45, 7) is 6.13. The molecule has 1 fully saturated rings. The topological polar surface area (TPSA) is 82.6 Å². The summed E-state index contributed by atoms with van der Waals surface area (Å²) in [7, 11) is -3.64. The molecule has 9 heteroatoms. The van der Waals surface area contributed by atoms with Gasteiger partial charge < -0.3 is 9.80 Å². The number of anilines is 1. The average molecular weight is 437 g/mol. The average Bonchev–Trinajstić information content (AvgIpc) is 2.69. The van der Waals surface area contributed by atoms with Crippen LogP contribution in [0.15, 0.2) is 41.3 Å². The first kappa shape index (κ1) is 21.5. The molecular weight excluding hydrogens is 412 g/mol. The molecule has 0 atom stereocenters. The molecule has 1 aromatic heterocycles. The zero-order valence-corrected chi connectivity index (χ0v) is 18.1. The summed E-state index contributed by atoms with van der Waals surface area (Å²) in [4.78, 5) is 20.9. The van der Waals surface area contributed by atoms with Gasteiger partial charge in [0.2, 0.25) is 15.9 Å². The van der Waals surface area contributed by atoms with E-state index in [1.807, 2.05) is 25.1 Å². The third kappa shape index (κ3) is 5.46. The maximum Gasteiger partial charge on any atom is 0.240 e. The number of nitrogens with one attached hydrogen (secondary N) is 1. The standard InChI is InChI=1S/C20H25ClN4O3S/c1-15-6-7-16(2)17(14-15)29(27,28)22-9-8-20(26)25-12-10-24(11-13-25)19-5-3-4-18(21)23-19/h3-7,14,22H,8-13H2,1-2H3. The van der Waals surface area contributed by atoms with Gasteiger partial charge >= 0.3 is 0 Å². The largest absolute Gasteiger partial charge is 0.353 e. The van der Waals surface area contributed by atoms with E-state index in [0.29, 0.717) is 36.9 Å². The minimum Gasteiger partial charge on any atom is -0.353 e. The molecule has 29 heavy (non-hydrogen) atoms. The van der Waals surface area contributed by atoms with E-state index in [-0.39, 0.29) is 23.8 Å². The first-order chi connectivity index (χ1) is 13.8. The van der Waals surface area contributed by atoms with Gasteiger partial charge in [-0.25, -0.2) is 18.1 Å². The van der Waals surface area contributed by atoms with Crippen LogP contribution < -0.4 is 9.62 Å². The first-order valence-corrected chi connectivity index (χ1v) is 11.3. The minimum absolute atomic E-state index is 0.0626. The van der Waals surface area contributed by atoms with Crippen LogP contribution in [-0.4, -0.2) is 56.9 Å². The molecule has 7 nitrogen and oxygen atoms in total. The second kappa shape index (κ2) is 9.11. The van der Waals surface area contributed by atoms with Crippen molar-refractivity contribution < 1.29 is 13.2 Å². The fourth-order valence-electron chi connectivity index (χ4n) is 3.28. The Bertz CT molecular complexity index is 989. The van der Waals surface area contributed by atoms with Gasteiger partial charge in [-0.2, -0.15) is 0 Å². The van der Waals surface area contributed by atoms with E-state index in [9.17, 15) is 13.2 Å². The van der Waals surface area contributed by atoms with Crippen molar-refractivity contribution in [1.29, 1.82) is 0 Å². The van der Waals surface area contributed by atoms with Crippen molar-refractivity contribution in [2.75, 3.05) is 37.6 Å². The number of carbonyl (C=O) groups is 1. The van der Waals surface area contributed by atoms with Crippen LogP contribution >= 0.6 is 11.6 Å². The van der Waals surface area contributed by atoms with Crippen LogP contribution in [0, 0.1) is 13.8 Å². The highest BCUT2D eigenvalue weighted by Gasteiger charge is 2.23. The van der Waals surface area contributed by atoms with E-state index in [1.165, 1.54) is 0 Å². The van der Waals surface area contributed by atoms with Crippen LogP contribution in [0.1, 0.15) is 17.5 Å². The van der Waals surface area contributed by atoms with E-state index in [4.69, 9.17) is 11.6 Å². The summed E-state index contributed by atoms with van der Waals surface area (Å²) < 4.78 is 27.6. The Morgan fingerprint density at radius 2 is 1.86 bits per heavy atom. The van der Waals surface area contributed by atoms with Crippen molar-refractivity contribution in [2.24, 2.45) is 0 Å². The molecule has 1 aliphatic rings. The molecule has 0 aliphatic carbocycles. The van der Waals surface area contributed by atoms with Gasteiger partial charge in [-0.05, 0) is 43.2 Å². The maximum absolute atomic E-state index is 12.5. The number of amides is 1. The van der Waals surface area contributed by atoms with Crippen molar-refractivity contribution in [3.63, 3.8) is 0 Å². The number of sulfonamides is 1. The third-order valence-electron chi connectivity index (χ3n) is 4.92. The monoisotopic (exact) mass is 436 g/mol. The van der Waals surface area contributed by atoms with E-state index < -0.39 is 10.0 Å². The fourth-order valence-corrected chi connectivity index (χ4v) is 4.80. The summed E-state index contributed by atoms with van der Waals surface area (Å²) in [5.41, 5.74) is 1.55. The SMILES string of the molecule is Cc1ccc(C)c(S(=O)(=O)NCCC(=O)N2CCN(c3cccc(Cl)n3)CC2)c1. The predicted octanol–water partition coefficient (Wildman–Crippen LogP) is 2.37. The Morgan fingerprint density at radius 1 is 1.14 bits per heavy atom. The molecule has 1 aromatic carbocycles. The predicted molar refractivity (Wildman–Crippen MR) is 114 cm³/mol. The fraction of sp³-hybridized carbons (Fsp3) is 0.400. The number of benzene rings is 1. The number of halogens is 1. The number of hydrogen-bond donors (Lipinski definition) is 1. The molecule has 0 unspecified atom stereocenters. The van der Waals surface area contributed by atoms with E-state index in [0.717, 1.165) is 11.4 Å². The van der Waals surface area contributed by atoms with Crippen LogP contribution in [0.3, 0.4) is 0 Å². The number of aryl methyl sites for hydroxylation is 2. The van der Waals surface area contributed by atoms with Crippen LogP contribution in [0.5, 0.6) is 0 Å². The highest BCUT2D eigenvalue weighted by atomic mass is 35.5. The summed E-state index contributed by atoms with van der Waals surface area (Å²) in [5.74, 6) is 0.734. The van der Waals surface area contributed by atoms with Crippen molar-refractivity contribution in [3.05, 3.63) is 52.7 Å². The molecule has 0 radical (unpaired) electrons. The van der Waals surface area contributed by atoms with Gasteiger partial charge in [0.15, 0.2) is 0 Å². The van der Waals surface area contributed by atoms with Gasteiger partial charge in [0, 0.05) is 39.1 Å². The number of aromatic nitrogens is 1. The molecular formula is C20H25ClN4O3S. The number of nitrogens with zero attached hydrogens (tertiary/aromatic N) is 3. The summed E-state index contributed by atoms with van der Waals surface area (Å²) in [5, 5.41) is 0.442. The second-order valence-electron chi connectivity index (χ2n) is 7.10. The maximum atomic E-state index is 12.5. The van der Waals surface area contributed by atoms with Gasteiger partial charge in [0.1, 0.15) is 11.0 Å². The number of carbonyl (C=O) groups excluding carboxylic acids is 1. The van der Waals surface area contributed by atoms with Crippen LogP contribution in [0.4, 0.5) is 5.82 Å². The zero-order valence-electron chi connectivity index (χ0n) is 16.6. The van der Waals surface area contributed by atoms with Gasteiger partial charge in [-0.1, -0.05) is 29.8 Å². The van der Waals surface area contributed by atoms with Crippen molar-refractivity contribution in [2.45, 2.75) is 25.2 Å². The minimum atomic E-state index is -3.64. The quantitative estimate of drug-likeness (QED) is 0.703. The van der Waals surface area contributed by atoms with Gasteiger partial charge in [-0.15, -0.1) is 0 Å². The third-order valence-corrected chi connectivity index (χ3v) is 6.73. The van der Waals surface area contributed by atoms with Gasteiger partial charge in [0.05, 0.1) is 4.90 Å². The molecule has 1 amide bonds. The lowest BCUT2D eigenvalue weighted by atomic mass is 10.2. The Hall–Kier alpha value is -2.16. The normalized spacial score (nSPS) is 14.9. The Balaban J connectivity index is 1.50. The molecule has 1 saturated heterocycles. The summed E-state index contributed by atoms with van der Waals surface area (Å²) in [6.07, 6.45) is 0.125. The van der Waals surface area contributed by atoms with Crippen molar-refractivity contribution >= 4 is 33.3 Å². The second-order valence-corrected chi connectivity index (χ2v) is 9.23. The van der Waals surface area contributed by atoms with Crippen LogP contribution in [0.25, 0.3) is 0 Å². The summed E-state index contributed by atoms with van der Waals surface area (Å²) in [6, 6.07) is 10.8. The molecule has 2 heterocycles. The Labute approximate surface area is 176 Å². The molecule has 2 aromatic rings. The number of rotatable bonds is 6. The summed E-state index contributed by atoms with van der Waals surface area (Å²) >= 11 is 5.94. The van der Waals surface area contributed by atoms with E-state index >= 15 is 0 Å². The molecule has 0 saturated carbocycles. The molecule has 0 spiro atoms. The van der Waals surface area contributed by atoms with Gasteiger partial charge in [-0.3, -0.25) is 4.79 Å². The lowest BCUT2D eigenvalue weighted by Crippen LogP contribution is -2.49. The Kier molecular flexibility index (Phi) is 6.77. The molecule has 0 bridgehead atoms. The first-order valence-electron chi connectivity index (χ1n) is 9.48. The van der Waals surface area contributed by atoms with Crippen LogP contribution in [0.2, 0.25) is 5.15 Å². The van der Waals surface area contributed by atoms with Crippen molar-refractivity contribution in [1.82, 2.24) is 14.6 Å². The molecule has 1 N–H and O–H groups in total. The number of piperazine rings is 1. The molecule has 1 aliphatic heterocycles. The lowest BCUT2D eigenvalue weighted by molar-refractivity contribution is -0.131. The van der Waals surface area contributed by atoms with Crippen molar-refractivity contribution in [3.8, 4) is 0 Å². The van der Waals surface area contributed by atoms with Gasteiger partial charge in [0.25, 0.3) is 0 Å². The highest BCUT2D eigenvalue weighted by Crippen LogP contribution is 2.18. The number of hydrogen-bond acceptors (Lipinski definition) is 5. The van der Waals surface area contributed by atoms with Crippen LogP contribution in [-0.2, 0) is 14.8 Å². The zero-order chi connectivity index (χ0) is 21.0. The molecule has 156 valence electrons. The lowest BCUT2D eigenvalue weighted by Gasteiger charge is -2.35. The smallest absolute Gasteiger partial charge is 0.240 e. The van der Waals surface area contributed by atoms with E-state index in [1.54, 1.807) is 30.0 Å². The molecule has 3 rings (SSSR count). The highest BCUT2D eigenvalue weighted by molar-refractivity contribution is 7.89.